The first-order valence-corrected chi connectivity index (χ1v) is 11.8. The van der Waals surface area contributed by atoms with Crippen LogP contribution in [-0.2, 0) is 11.2 Å². The lowest BCUT2D eigenvalue weighted by atomic mass is 9.76. The number of likely N-dealkylation sites (tertiary alicyclic amines) is 1. The van der Waals surface area contributed by atoms with Crippen LogP contribution in [-0.4, -0.2) is 36.3 Å². The summed E-state index contributed by atoms with van der Waals surface area (Å²) in [4.78, 5) is 26.9. The van der Waals surface area contributed by atoms with E-state index >= 15 is 0 Å². The lowest BCUT2D eigenvalue weighted by Gasteiger charge is -2.37. The van der Waals surface area contributed by atoms with Gasteiger partial charge in [-0.3, -0.25) is 9.59 Å². The summed E-state index contributed by atoms with van der Waals surface area (Å²) in [6, 6.07) is 25.1. The molecule has 0 unspecified atom stereocenters. The van der Waals surface area contributed by atoms with Gasteiger partial charge in [0.15, 0.2) is 5.78 Å². The summed E-state index contributed by atoms with van der Waals surface area (Å²) in [5, 5.41) is 0. The SMILES string of the molecule is Cc1ccc([C@H](c2ccccc2)C2CCN(C(=O)c3ccc4c(c3)CC(=O)CO4)CC2)cc1. The predicted molar refractivity (Wildman–Crippen MR) is 129 cm³/mol. The van der Waals surface area contributed by atoms with Gasteiger partial charge in [-0.1, -0.05) is 60.2 Å². The largest absolute Gasteiger partial charge is 0.486 e. The molecule has 0 radical (unpaired) electrons. The monoisotopic (exact) mass is 439 g/mol. The van der Waals surface area contributed by atoms with Crippen molar-refractivity contribution in [2.24, 2.45) is 5.92 Å². The first-order chi connectivity index (χ1) is 16.1. The third-order valence-electron chi connectivity index (χ3n) is 6.98. The average molecular weight is 440 g/mol. The van der Waals surface area contributed by atoms with Gasteiger partial charge in [0, 0.05) is 36.6 Å². The summed E-state index contributed by atoms with van der Waals surface area (Å²) >= 11 is 0. The molecular weight excluding hydrogens is 410 g/mol. The van der Waals surface area contributed by atoms with Gasteiger partial charge in [0.25, 0.3) is 5.91 Å². The molecule has 2 aliphatic heterocycles. The van der Waals surface area contributed by atoms with Crippen LogP contribution in [0, 0.1) is 12.8 Å². The van der Waals surface area contributed by atoms with Crippen molar-refractivity contribution in [2.45, 2.75) is 32.1 Å². The second kappa shape index (κ2) is 9.22. The Bertz CT molecular complexity index is 1150. The third kappa shape index (κ3) is 4.56. The van der Waals surface area contributed by atoms with E-state index in [4.69, 9.17) is 4.74 Å². The highest BCUT2D eigenvalue weighted by Gasteiger charge is 2.31. The number of ketones is 1. The molecule has 168 valence electrons. The van der Waals surface area contributed by atoms with Crippen LogP contribution in [0.1, 0.15) is 51.4 Å². The molecule has 4 nitrogen and oxygen atoms in total. The Labute approximate surface area is 195 Å². The number of hydrogen-bond acceptors (Lipinski definition) is 3. The van der Waals surface area contributed by atoms with E-state index in [1.807, 2.05) is 23.1 Å². The fraction of sp³-hybridized carbons (Fsp3) is 0.310. The Kier molecular flexibility index (Phi) is 5.99. The molecule has 0 bridgehead atoms. The molecule has 1 saturated heterocycles. The minimum atomic E-state index is 0.0425. The molecule has 3 aromatic rings. The van der Waals surface area contributed by atoms with Crippen molar-refractivity contribution in [1.82, 2.24) is 4.90 Å². The first kappa shape index (κ1) is 21.4. The molecule has 0 spiro atoms. The Morgan fingerprint density at radius 2 is 1.64 bits per heavy atom. The van der Waals surface area contributed by atoms with Crippen molar-refractivity contribution in [2.75, 3.05) is 19.7 Å². The Morgan fingerprint density at radius 1 is 0.939 bits per heavy atom. The molecule has 0 aliphatic carbocycles. The van der Waals surface area contributed by atoms with E-state index in [9.17, 15) is 9.59 Å². The second-order valence-corrected chi connectivity index (χ2v) is 9.26. The van der Waals surface area contributed by atoms with E-state index in [0.717, 1.165) is 31.5 Å². The van der Waals surface area contributed by atoms with Gasteiger partial charge in [-0.2, -0.15) is 0 Å². The Morgan fingerprint density at radius 3 is 2.36 bits per heavy atom. The van der Waals surface area contributed by atoms with E-state index in [2.05, 4.69) is 61.5 Å². The number of carbonyl (C=O) groups is 2. The zero-order valence-corrected chi connectivity index (χ0v) is 19.0. The highest BCUT2D eigenvalue weighted by atomic mass is 16.5. The van der Waals surface area contributed by atoms with Crippen LogP contribution >= 0.6 is 0 Å². The number of hydrogen-bond donors (Lipinski definition) is 0. The fourth-order valence-corrected chi connectivity index (χ4v) is 5.20. The normalized spacial score (nSPS) is 17.2. The summed E-state index contributed by atoms with van der Waals surface area (Å²) < 4.78 is 5.47. The topological polar surface area (TPSA) is 46.6 Å². The lowest BCUT2D eigenvalue weighted by molar-refractivity contribution is -0.121. The molecule has 2 heterocycles. The van der Waals surface area contributed by atoms with Gasteiger partial charge in [-0.25, -0.2) is 0 Å². The molecule has 33 heavy (non-hydrogen) atoms. The minimum absolute atomic E-state index is 0.0425. The third-order valence-corrected chi connectivity index (χ3v) is 6.98. The number of ether oxygens (including phenoxy) is 1. The minimum Gasteiger partial charge on any atom is -0.486 e. The van der Waals surface area contributed by atoms with Gasteiger partial charge in [0.1, 0.15) is 12.4 Å². The average Bonchev–Trinajstić information content (AvgIpc) is 2.85. The zero-order chi connectivity index (χ0) is 22.8. The molecule has 2 aliphatic rings. The summed E-state index contributed by atoms with van der Waals surface area (Å²) in [6.07, 6.45) is 2.27. The van der Waals surface area contributed by atoms with Crippen LogP contribution in [0.3, 0.4) is 0 Å². The smallest absolute Gasteiger partial charge is 0.253 e. The number of fused-ring (bicyclic) bond motifs is 1. The number of carbonyl (C=O) groups excluding carboxylic acids is 2. The van der Waals surface area contributed by atoms with Crippen LogP contribution in [0.15, 0.2) is 72.8 Å². The van der Waals surface area contributed by atoms with E-state index in [-0.39, 0.29) is 18.3 Å². The van der Waals surface area contributed by atoms with Crippen LogP contribution in [0.4, 0.5) is 0 Å². The summed E-state index contributed by atoms with van der Waals surface area (Å²) in [5.74, 6) is 1.62. The van der Waals surface area contributed by atoms with Crippen LogP contribution < -0.4 is 4.74 Å². The molecule has 4 heteroatoms. The number of nitrogens with zero attached hydrogens (tertiary/aromatic N) is 1. The molecule has 1 fully saturated rings. The molecule has 5 rings (SSSR count). The molecule has 1 amide bonds. The van der Waals surface area contributed by atoms with Gasteiger partial charge < -0.3 is 9.64 Å². The quantitative estimate of drug-likeness (QED) is 0.563. The van der Waals surface area contributed by atoms with E-state index in [0.29, 0.717) is 29.6 Å². The summed E-state index contributed by atoms with van der Waals surface area (Å²) in [7, 11) is 0. The number of Topliss-reactive ketones (excluding diaryl/α,β-unsaturated/α-hetero) is 1. The van der Waals surface area contributed by atoms with Crippen molar-refractivity contribution < 1.29 is 14.3 Å². The number of aryl methyl sites for hydroxylation is 1. The lowest BCUT2D eigenvalue weighted by Crippen LogP contribution is -2.40. The van der Waals surface area contributed by atoms with Crippen molar-refractivity contribution in [3.8, 4) is 5.75 Å². The second-order valence-electron chi connectivity index (χ2n) is 9.26. The van der Waals surface area contributed by atoms with Crippen molar-refractivity contribution in [1.29, 1.82) is 0 Å². The van der Waals surface area contributed by atoms with Crippen LogP contribution in [0.2, 0.25) is 0 Å². The van der Waals surface area contributed by atoms with Crippen molar-refractivity contribution in [3.05, 3.63) is 101 Å². The van der Waals surface area contributed by atoms with Gasteiger partial charge in [0.2, 0.25) is 0 Å². The molecule has 0 N–H and O–H groups in total. The molecule has 3 aromatic carbocycles. The van der Waals surface area contributed by atoms with Crippen molar-refractivity contribution in [3.63, 3.8) is 0 Å². The van der Waals surface area contributed by atoms with Gasteiger partial charge >= 0.3 is 0 Å². The molecular formula is C29H29NO3. The number of piperidine rings is 1. The number of benzene rings is 3. The van der Waals surface area contributed by atoms with Gasteiger partial charge in [0.05, 0.1) is 0 Å². The maximum Gasteiger partial charge on any atom is 0.253 e. The number of rotatable bonds is 4. The van der Waals surface area contributed by atoms with Crippen LogP contribution in [0.25, 0.3) is 0 Å². The zero-order valence-electron chi connectivity index (χ0n) is 19.0. The van der Waals surface area contributed by atoms with Gasteiger partial charge in [-0.15, -0.1) is 0 Å². The van der Waals surface area contributed by atoms with E-state index in [1.165, 1.54) is 16.7 Å². The Hall–Kier alpha value is -3.40. The van der Waals surface area contributed by atoms with Gasteiger partial charge in [-0.05, 0) is 55.0 Å². The highest BCUT2D eigenvalue weighted by Crippen LogP contribution is 2.38. The van der Waals surface area contributed by atoms with Crippen LogP contribution in [0.5, 0.6) is 5.75 Å². The van der Waals surface area contributed by atoms with E-state index in [1.54, 1.807) is 0 Å². The highest BCUT2D eigenvalue weighted by molar-refractivity contribution is 5.95. The van der Waals surface area contributed by atoms with E-state index < -0.39 is 0 Å². The molecule has 0 aromatic heterocycles. The van der Waals surface area contributed by atoms with Crippen molar-refractivity contribution >= 4 is 11.7 Å². The summed E-state index contributed by atoms with van der Waals surface area (Å²) in [5.41, 5.74) is 5.41. The fourth-order valence-electron chi connectivity index (χ4n) is 5.20. The Balaban J connectivity index is 1.32. The molecule has 1 atom stereocenters. The maximum atomic E-state index is 13.2. The standard InChI is InChI=1S/C29H29NO3/c1-20-7-9-22(10-8-20)28(21-5-3-2-4-6-21)23-13-15-30(16-14-23)29(32)24-11-12-27-25(17-24)18-26(31)19-33-27/h2-12,17,23,28H,13-16,18-19H2,1H3/t28-/m0/s1. The predicted octanol–water partition coefficient (Wildman–Crippen LogP) is 5.18. The maximum absolute atomic E-state index is 13.2. The summed E-state index contributed by atoms with van der Waals surface area (Å²) in [6.45, 7) is 3.72. The number of amides is 1. The first-order valence-electron chi connectivity index (χ1n) is 11.8. The molecule has 0 saturated carbocycles.